The number of aromatic amines is 1. The molecule has 1 heterocycles. The lowest BCUT2D eigenvalue weighted by atomic mass is 10.2. The van der Waals surface area contributed by atoms with Crippen molar-refractivity contribution in [1.82, 2.24) is 9.78 Å². The van der Waals surface area contributed by atoms with Crippen LogP contribution < -0.4 is 11.1 Å². The highest BCUT2D eigenvalue weighted by molar-refractivity contribution is 6.31. The molecule has 0 unspecified atom stereocenters. The first kappa shape index (κ1) is 10.7. The van der Waals surface area contributed by atoms with Gasteiger partial charge in [-0.2, -0.15) is 0 Å². The Labute approximate surface area is 96.1 Å². The van der Waals surface area contributed by atoms with Crippen LogP contribution >= 0.6 is 11.6 Å². The number of nitrogens with one attached hydrogen (secondary N) is 1. The predicted molar refractivity (Wildman–Crippen MR) is 62.4 cm³/mol. The van der Waals surface area contributed by atoms with E-state index in [9.17, 15) is 9.59 Å². The quantitative estimate of drug-likeness (QED) is 0.816. The molecule has 0 atom stereocenters. The van der Waals surface area contributed by atoms with E-state index in [4.69, 9.17) is 11.6 Å². The fourth-order valence-corrected chi connectivity index (χ4v) is 1.51. The Morgan fingerprint density at radius 1 is 1.19 bits per heavy atom. The zero-order valence-electron chi connectivity index (χ0n) is 8.53. The van der Waals surface area contributed by atoms with Crippen molar-refractivity contribution in [3.63, 3.8) is 0 Å². The van der Waals surface area contributed by atoms with Gasteiger partial charge in [-0.15, -0.1) is 0 Å². The Morgan fingerprint density at radius 2 is 1.94 bits per heavy atom. The predicted octanol–water partition coefficient (Wildman–Crippen LogP) is 1.49. The van der Waals surface area contributed by atoms with Crippen LogP contribution in [0.1, 0.15) is 5.56 Å². The number of aryl methyl sites for hydroxylation is 1. The lowest BCUT2D eigenvalue weighted by Gasteiger charge is -2.06. The molecule has 82 valence electrons. The minimum Gasteiger partial charge on any atom is -0.268 e. The van der Waals surface area contributed by atoms with E-state index in [-0.39, 0.29) is 11.1 Å². The zero-order chi connectivity index (χ0) is 11.7. The van der Waals surface area contributed by atoms with Gasteiger partial charge in [0.25, 0.3) is 11.1 Å². The summed E-state index contributed by atoms with van der Waals surface area (Å²) in [6, 6.07) is 7.55. The van der Waals surface area contributed by atoms with Crippen LogP contribution in [0.4, 0.5) is 0 Å². The summed E-state index contributed by atoms with van der Waals surface area (Å²) in [6.07, 6.45) is 0. The molecule has 0 spiro atoms. The highest BCUT2D eigenvalue weighted by Crippen LogP contribution is 2.17. The van der Waals surface area contributed by atoms with Crippen molar-refractivity contribution >= 4 is 11.6 Å². The van der Waals surface area contributed by atoms with Crippen molar-refractivity contribution in [2.24, 2.45) is 0 Å². The smallest absolute Gasteiger partial charge is 0.268 e. The van der Waals surface area contributed by atoms with Crippen LogP contribution in [0.15, 0.2) is 39.9 Å². The maximum Gasteiger partial charge on any atom is 0.269 e. The topological polar surface area (TPSA) is 54.9 Å². The summed E-state index contributed by atoms with van der Waals surface area (Å²) in [6.45, 7) is 1.86. The lowest BCUT2D eigenvalue weighted by molar-refractivity contribution is 0.785. The summed E-state index contributed by atoms with van der Waals surface area (Å²) in [5, 5.41) is 2.98. The van der Waals surface area contributed by atoms with Crippen LogP contribution in [-0.4, -0.2) is 9.78 Å². The number of nitrogens with zero attached hydrogens (tertiary/aromatic N) is 1. The van der Waals surface area contributed by atoms with Crippen molar-refractivity contribution in [1.29, 1.82) is 0 Å². The number of hydrogen-bond donors (Lipinski definition) is 1. The normalized spacial score (nSPS) is 10.4. The SMILES string of the molecule is Cc1ccc(-n2[nH]c(=O)ccc2=O)cc1Cl. The van der Waals surface area contributed by atoms with Gasteiger partial charge in [0.05, 0.1) is 5.69 Å². The molecule has 0 aliphatic carbocycles. The average Bonchev–Trinajstić information content (AvgIpc) is 2.26. The zero-order valence-corrected chi connectivity index (χ0v) is 9.28. The molecule has 1 aromatic heterocycles. The molecule has 2 aromatic rings. The van der Waals surface area contributed by atoms with Gasteiger partial charge in [-0.05, 0) is 24.6 Å². The fraction of sp³-hybridized carbons (Fsp3) is 0.0909. The molecular weight excluding hydrogens is 228 g/mol. The molecule has 0 amide bonds. The van der Waals surface area contributed by atoms with Crippen LogP contribution in [0.2, 0.25) is 5.02 Å². The van der Waals surface area contributed by atoms with Gasteiger partial charge in [-0.1, -0.05) is 17.7 Å². The Balaban J connectivity index is 2.67. The van der Waals surface area contributed by atoms with E-state index < -0.39 is 0 Å². The molecule has 0 saturated carbocycles. The maximum absolute atomic E-state index is 11.5. The molecule has 1 N–H and O–H groups in total. The molecule has 16 heavy (non-hydrogen) atoms. The minimum absolute atomic E-state index is 0.306. The number of rotatable bonds is 1. The molecule has 0 fully saturated rings. The lowest BCUT2D eigenvalue weighted by Crippen LogP contribution is -2.26. The summed E-state index contributed by atoms with van der Waals surface area (Å²) in [4.78, 5) is 22.6. The number of benzene rings is 1. The van der Waals surface area contributed by atoms with Crippen LogP contribution in [0.5, 0.6) is 0 Å². The largest absolute Gasteiger partial charge is 0.269 e. The fourth-order valence-electron chi connectivity index (χ4n) is 1.34. The summed E-state index contributed by atoms with van der Waals surface area (Å²) in [5.74, 6) is 0. The van der Waals surface area contributed by atoms with Crippen molar-refractivity contribution in [3.05, 3.63) is 61.6 Å². The Morgan fingerprint density at radius 3 is 2.62 bits per heavy atom. The Bertz CT molecular complexity index is 643. The summed E-state index contributed by atoms with van der Waals surface area (Å²) in [7, 11) is 0. The van der Waals surface area contributed by atoms with Crippen molar-refractivity contribution < 1.29 is 0 Å². The first-order chi connectivity index (χ1) is 7.58. The summed E-state index contributed by atoms with van der Waals surface area (Å²) < 4.78 is 1.16. The minimum atomic E-state index is -0.337. The first-order valence-electron chi connectivity index (χ1n) is 4.67. The van der Waals surface area contributed by atoms with E-state index in [1.165, 1.54) is 12.1 Å². The van der Waals surface area contributed by atoms with E-state index in [1.807, 2.05) is 6.92 Å². The van der Waals surface area contributed by atoms with Gasteiger partial charge in [0.2, 0.25) is 0 Å². The number of H-pyrrole nitrogens is 1. The summed E-state index contributed by atoms with van der Waals surface area (Å²) >= 11 is 5.95. The van der Waals surface area contributed by atoms with E-state index in [1.54, 1.807) is 18.2 Å². The molecule has 4 nitrogen and oxygen atoms in total. The highest BCUT2D eigenvalue weighted by Gasteiger charge is 2.02. The molecule has 0 saturated heterocycles. The van der Waals surface area contributed by atoms with E-state index in [2.05, 4.69) is 5.10 Å². The Hall–Kier alpha value is -1.81. The van der Waals surface area contributed by atoms with Crippen molar-refractivity contribution in [3.8, 4) is 5.69 Å². The number of aromatic nitrogens is 2. The molecule has 0 aliphatic heterocycles. The third-order valence-corrected chi connectivity index (χ3v) is 2.64. The van der Waals surface area contributed by atoms with E-state index in [0.717, 1.165) is 10.2 Å². The molecule has 0 bridgehead atoms. The van der Waals surface area contributed by atoms with Gasteiger partial charge in [0.1, 0.15) is 0 Å². The number of hydrogen-bond acceptors (Lipinski definition) is 2. The van der Waals surface area contributed by atoms with Crippen molar-refractivity contribution in [2.45, 2.75) is 6.92 Å². The average molecular weight is 237 g/mol. The van der Waals surface area contributed by atoms with Gasteiger partial charge < -0.3 is 0 Å². The monoisotopic (exact) mass is 236 g/mol. The second-order valence-corrected chi connectivity index (χ2v) is 3.82. The third-order valence-electron chi connectivity index (χ3n) is 2.23. The van der Waals surface area contributed by atoms with Crippen LogP contribution in [0.25, 0.3) is 5.69 Å². The van der Waals surface area contributed by atoms with Crippen molar-refractivity contribution in [2.75, 3.05) is 0 Å². The standard InChI is InChI=1S/C11H9ClN2O2/c1-7-2-3-8(6-9(7)12)14-11(16)5-4-10(15)13-14/h2-6H,1H3,(H,13,15). The number of halogens is 1. The molecule has 2 rings (SSSR count). The van der Waals surface area contributed by atoms with Crippen LogP contribution in [0, 0.1) is 6.92 Å². The first-order valence-corrected chi connectivity index (χ1v) is 5.04. The summed E-state index contributed by atoms with van der Waals surface area (Å²) in [5.41, 5.74) is 0.811. The van der Waals surface area contributed by atoms with Gasteiger partial charge in [0, 0.05) is 17.2 Å². The van der Waals surface area contributed by atoms with Gasteiger partial charge >= 0.3 is 0 Å². The second-order valence-electron chi connectivity index (χ2n) is 3.42. The molecule has 5 heteroatoms. The van der Waals surface area contributed by atoms with Gasteiger partial charge in [-0.3, -0.25) is 14.7 Å². The van der Waals surface area contributed by atoms with Crippen LogP contribution in [-0.2, 0) is 0 Å². The van der Waals surface area contributed by atoms with Gasteiger partial charge in [-0.25, -0.2) is 4.68 Å². The Kier molecular flexibility index (Phi) is 2.66. The third kappa shape index (κ3) is 1.92. The second kappa shape index (κ2) is 3.98. The van der Waals surface area contributed by atoms with E-state index >= 15 is 0 Å². The molecule has 0 aliphatic rings. The van der Waals surface area contributed by atoms with E-state index in [0.29, 0.717) is 10.7 Å². The maximum atomic E-state index is 11.5. The van der Waals surface area contributed by atoms with Crippen LogP contribution in [0.3, 0.4) is 0 Å². The molecular formula is C11H9ClN2O2. The van der Waals surface area contributed by atoms with Gasteiger partial charge in [0.15, 0.2) is 0 Å². The molecule has 1 aromatic carbocycles. The molecule has 0 radical (unpaired) electrons. The highest BCUT2D eigenvalue weighted by atomic mass is 35.5.